The Balaban J connectivity index is 1.46. The summed E-state index contributed by atoms with van der Waals surface area (Å²) in [5, 5.41) is 2.82. The molecular formula is C25H24ClN5O3S. The van der Waals surface area contributed by atoms with E-state index < -0.39 is 15.1 Å². The zero-order chi connectivity index (χ0) is 24.6. The molecule has 5 rings (SSSR count). The number of methoxy groups -OCH3 is 1. The molecule has 1 aliphatic carbocycles. The summed E-state index contributed by atoms with van der Waals surface area (Å²) in [6.45, 7) is 1.92. The van der Waals surface area contributed by atoms with Crippen molar-refractivity contribution in [1.29, 1.82) is 0 Å². The van der Waals surface area contributed by atoms with Crippen LogP contribution in [-0.4, -0.2) is 35.0 Å². The molecule has 0 saturated carbocycles. The van der Waals surface area contributed by atoms with E-state index in [2.05, 4.69) is 20.3 Å². The lowest BCUT2D eigenvalue weighted by Crippen LogP contribution is -2.21. The third-order valence-electron chi connectivity index (χ3n) is 6.04. The number of rotatable bonds is 6. The molecule has 1 unspecified atom stereocenters. The summed E-state index contributed by atoms with van der Waals surface area (Å²) in [6, 6.07) is 12.0. The van der Waals surface area contributed by atoms with Gasteiger partial charge in [-0.1, -0.05) is 17.7 Å². The monoisotopic (exact) mass is 509 g/mol. The van der Waals surface area contributed by atoms with Gasteiger partial charge in [0.15, 0.2) is 9.84 Å². The topological polar surface area (TPSA) is 99.0 Å². The first-order valence-electron chi connectivity index (χ1n) is 11.2. The van der Waals surface area contributed by atoms with Gasteiger partial charge < -0.3 is 14.6 Å². The molecule has 1 atom stereocenters. The zero-order valence-electron chi connectivity index (χ0n) is 19.3. The Morgan fingerprint density at radius 2 is 2.03 bits per heavy atom. The van der Waals surface area contributed by atoms with Gasteiger partial charge in [-0.05, 0) is 62.1 Å². The van der Waals surface area contributed by atoms with Crippen molar-refractivity contribution in [2.24, 2.45) is 0 Å². The Labute approximate surface area is 208 Å². The molecule has 35 heavy (non-hydrogen) atoms. The Bertz CT molecular complexity index is 1500. The summed E-state index contributed by atoms with van der Waals surface area (Å²) in [7, 11) is -2.06. The molecule has 10 heteroatoms. The quantitative estimate of drug-likeness (QED) is 0.380. The number of fused-ring (bicyclic) bond motifs is 1. The van der Waals surface area contributed by atoms with Gasteiger partial charge in [0.05, 0.1) is 35.4 Å². The summed E-state index contributed by atoms with van der Waals surface area (Å²) in [6.07, 6.45) is 7.34. The number of hydrogen-bond acceptors (Lipinski definition) is 7. The van der Waals surface area contributed by atoms with Gasteiger partial charge in [-0.15, -0.1) is 0 Å². The van der Waals surface area contributed by atoms with Gasteiger partial charge in [0, 0.05) is 29.2 Å². The molecule has 1 N–H and O–H groups in total. The smallest absolute Gasteiger partial charge is 0.227 e. The van der Waals surface area contributed by atoms with E-state index in [0.717, 1.165) is 29.8 Å². The number of nitrogens with one attached hydrogen (secondary N) is 1. The highest BCUT2D eigenvalue weighted by Crippen LogP contribution is 2.39. The van der Waals surface area contributed by atoms with E-state index in [9.17, 15) is 8.42 Å². The van der Waals surface area contributed by atoms with Crippen LogP contribution < -0.4 is 10.1 Å². The standard InChI is InChI=1S/C25H24ClN5O3S/c1-16-14-31(15-28-16)21-10-9-19(12-22(21)34-2)29-25-27-13-17-5-3-8-23(24(17)30-25)35(32,33)20-7-4-6-18(26)11-20/h4,6-7,9-15,23H,3,5,8H2,1-2H3,(H,27,29,30). The highest BCUT2D eigenvalue weighted by molar-refractivity contribution is 7.91. The molecule has 1 aliphatic rings. The van der Waals surface area contributed by atoms with Crippen molar-refractivity contribution in [2.45, 2.75) is 36.3 Å². The lowest BCUT2D eigenvalue weighted by Gasteiger charge is -2.24. The lowest BCUT2D eigenvalue weighted by molar-refractivity contribution is 0.413. The molecule has 2 aromatic heterocycles. The molecule has 0 radical (unpaired) electrons. The van der Waals surface area contributed by atoms with Crippen LogP contribution in [-0.2, 0) is 16.3 Å². The molecule has 0 fully saturated rings. The predicted molar refractivity (Wildman–Crippen MR) is 134 cm³/mol. The fourth-order valence-electron chi connectivity index (χ4n) is 4.33. The Morgan fingerprint density at radius 1 is 1.17 bits per heavy atom. The Morgan fingerprint density at radius 3 is 2.77 bits per heavy atom. The van der Waals surface area contributed by atoms with Crippen LogP contribution in [0.2, 0.25) is 5.02 Å². The average Bonchev–Trinajstić information content (AvgIpc) is 3.29. The van der Waals surface area contributed by atoms with Gasteiger partial charge in [-0.25, -0.2) is 23.4 Å². The molecule has 8 nitrogen and oxygen atoms in total. The van der Waals surface area contributed by atoms with Crippen LogP contribution in [0.1, 0.15) is 35.0 Å². The van der Waals surface area contributed by atoms with Crippen molar-refractivity contribution in [2.75, 3.05) is 12.4 Å². The Kier molecular flexibility index (Phi) is 6.21. The second kappa shape index (κ2) is 9.31. The van der Waals surface area contributed by atoms with Crippen LogP contribution in [0.15, 0.2) is 66.1 Å². The highest BCUT2D eigenvalue weighted by Gasteiger charge is 2.35. The van der Waals surface area contributed by atoms with Crippen molar-refractivity contribution in [3.8, 4) is 11.4 Å². The van der Waals surface area contributed by atoms with Crippen molar-refractivity contribution >= 4 is 33.1 Å². The molecular weight excluding hydrogens is 486 g/mol. The van der Waals surface area contributed by atoms with Gasteiger partial charge in [0.25, 0.3) is 0 Å². The van der Waals surface area contributed by atoms with Crippen molar-refractivity contribution in [3.63, 3.8) is 0 Å². The van der Waals surface area contributed by atoms with Crippen LogP contribution >= 0.6 is 11.6 Å². The van der Waals surface area contributed by atoms with E-state index in [0.29, 0.717) is 34.5 Å². The number of imidazole rings is 1. The largest absolute Gasteiger partial charge is 0.494 e. The maximum absolute atomic E-state index is 13.5. The number of nitrogens with zero attached hydrogens (tertiary/aromatic N) is 4. The third kappa shape index (κ3) is 4.61. The third-order valence-corrected chi connectivity index (χ3v) is 8.39. The number of benzene rings is 2. The normalized spacial score (nSPS) is 15.5. The van der Waals surface area contributed by atoms with Gasteiger partial charge in [0.1, 0.15) is 11.0 Å². The first kappa shape index (κ1) is 23.3. The number of aromatic nitrogens is 4. The number of sulfone groups is 1. The van der Waals surface area contributed by atoms with Crippen molar-refractivity contribution in [3.05, 3.63) is 83.2 Å². The summed E-state index contributed by atoms with van der Waals surface area (Å²) in [5.74, 6) is 0.969. The molecule has 2 aromatic carbocycles. The van der Waals surface area contributed by atoms with Crippen LogP contribution in [0.5, 0.6) is 5.75 Å². The van der Waals surface area contributed by atoms with E-state index in [4.69, 9.17) is 16.3 Å². The molecule has 0 spiro atoms. The van der Waals surface area contributed by atoms with E-state index in [1.165, 1.54) is 6.07 Å². The number of aryl methyl sites for hydroxylation is 2. The van der Waals surface area contributed by atoms with Crippen LogP contribution in [0, 0.1) is 6.92 Å². The molecule has 4 aromatic rings. The molecule has 0 saturated heterocycles. The van der Waals surface area contributed by atoms with Gasteiger partial charge in [-0.3, -0.25) is 0 Å². The molecule has 180 valence electrons. The summed E-state index contributed by atoms with van der Waals surface area (Å²) in [5.41, 5.74) is 3.84. The second-order valence-electron chi connectivity index (χ2n) is 8.42. The van der Waals surface area contributed by atoms with E-state index in [-0.39, 0.29) is 4.90 Å². The maximum atomic E-state index is 13.5. The number of hydrogen-bond donors (Lipinski definition) is 1. The zero-order valence-corrected chi connectivity index (χ0v) is 20.8. The fourth-order valence-corrected chi connectivity index (χ4v) is 6.45. The van der Waals surface area contributed by atoms with Crippen LogP contribution in [0.3, 0.4) is 0 Å². The SMILES string of the molecule is COc1cc(Nc2ncc3c(n2)C(S(=O)(=O)c2cccc(Cl)c2)CCC3)ccc1-n1cnc(C)c1. The fraction of sp³-hybridized carbons (Fsp3) is 0.240. The second-order valence-corrected chi connectivity index (χ2v) is 11.0. The average molecular weight is 510 g/mol. The predicted octanol–water partition coefficient (Wildman–Crippen LogP) is 5.23. The molecule has 0 bridgehead atoms. The minimum atomic E-state index is -3.66. The molecule has 2 heterocycles. The number of ether oxygens (including phenoxy) is 1. The van der Waals surface area contributed by atoms with Crippen LogP contribution in [0.4, 0.5) is 11.6 Å². The Hall–Kier alpha value is -3.43. The van der Waals surface area contributed by atoms with Gasteiger partial charge in [0.2, 0.25) is 5.95 Å². The molecule has 0 aliphatic heterocycles. The first-order valence-corrected chi connectivity index (χ1v) is 13.1. The number of halogens is 1. The van der Waals surface area contributed by atoms with E-state index in [1.54, 1.807) is 37.8 Å². The minimum absolute atomic E-state index is 0.200. The summed E-state index contributed by atoms with van der Waals surface area (Å²) in [4.78, 5) is 13.6. The highest BCUT2D eigenvalue weighted by atomic mass is 35.5. The summed E-state index contributed by atoms with van der Waals surface area (Å²) >= 11 is 6.07. The minimum Gasteiger partial charge on any atom is -0.494 e. The first-order chi connectivity index (χ1) is 16.8. The number of anilines is 2. The molecule has 0 amide bonds. The van der Waals surface area contributed by atoms with Gasteiger partial charge >= 0.3 is 0 Å². The summed E-state index contributed by atoms with van der Waals surface area (Å²) < 4.78 is 34.4. The van der Waals surface area contributed by atoms with Crippen molar-refractivity contribution in [1.82, 2.24) is 19.5 Å². The van der Waals surface area contributed by atoms with E-state index in [1.807, 2.05) is 35.9 Å². The van der Waals surface area contributed by atoms with Crippen molar-refractivity contribution < 1.29 is 13.2 Å². The maximum Gasteiger partial charge on any atom is 0.227 e. The van der Waals surface area contributed by atoms with Gasteiger partial charge in [-0.2, -0.15) is 0 Å². The van der Waals surface area contributed by atoms with Crippen LogP contribution in [0.25, 0.3) is 5.69 Å². The van der Waals surface area contributed by atoms with E-state index >= 15 is 0 Å². The lowest BCUT2D eigenvalue weighted by atomic mass is 9.97.